The molecule has 4 heteroatoms. The molecule has 0 radical (unpaired) electrons. The molecule has 0 spiro atoms. The second-order valence-electron chi connectivity index (χ2n) is 7.65. The van der Waals surface area contributed by atoms with Gasteiger partial charge in [0.15, 0.2) is 0 Å². The van der Waals surface area contributed by atoms with Crippen LogP contribution in [0, 0.1) is 0 Å². The molecule has 0 aromatic heterocycles. The van der Waals surface area contributed by atoms with E-state index in [0.717, 1.165) is 23.4 Å². The van der Waals surface area contributed by atoms with Crippen molar-refractivity contribution in [2.45, 2.75) is 46.0 Å². The SMILES string of the molecule is CCCCCCc1ccc(C(=O)Oc2ccc(/C=N/c3ccc(OCC)cc3)cc2)cc1. The van der Waals surface area contributed by atoms with Crippen molar-refractivity contribution in [3.8, 4) is 11.5 Å². The summed E-state index contributed by atoms with van der Waals surface area (Å²) in [5, 5.41) is 0. The molecule has 0 fully saturated rings. The molecule has 0 amide bonds. The Bertz CT molecular complexity index is 990. The van der Waals surface area contributed by atoms with E-state index < -0.39 is 0 Å². The minimum Gasteiger partial charge on any atom is -0.494 e. The van der Waals surface area contributed by atoms with Gasteiger partial charge in [-0.3, -0.25) is 4.99 Å². The molecule has 166 valence electrons. The molecule has 0 aliphatic carbocycles. The van der Waals surface area contributed by atoms with Crippen molar-refractivity contribution in [2.75, 3.05) is 6.61 Å². The van der Waals surface area contributed by atoms with Gasteiger partial charge in [0.2, 0.25) is 0 Å². The van der Waals surface area contributed by atoms with Crippen LogP contribution in [0.5, 0.6) is 11.5 Å². The predicted molar refractivity (Wildman–Crippen MR) is 131 cm³/mol. The number of carbonyl (C=O) groups is 1. The summed E-state index contributed by atoms with van der Waals surface area (Å²) in [5.41, 5.74) is 3.58. The number of nitrogens with zero attached hydrogens (tertiary/aromatic N) is 1. The monoisotopic (exact) mass is 429 g/mol. The van der Waals surface area contributed by atoms with E-state index in [1.54, 1.807) is 18.3 Å². The van der Waals surface area contributed by atoms with Crippen LogP contribution in [0.3, 0.4) is 0 Å². The predicted octanol–water partition coefficient (Wildman–Crippen LogP) is 7.18. The number of hydrogen-bond donors (Lipinski definition) is 0. The Labute approximate surface area is 190 Å². The Morgan fingerprint density at radius 1 is 0.812 bits per heavy atom. The first-order chi connectivity index (χ1) is 15.7. The average molecular weight is 430 g/mol. The van der Waals surface area contributed by atoms with Gasteiger partial charge in [-0.1, -0.05) is 38.3 Å². The molecular weight excluding hydrogens is 398 g/mol. The summed E-state index contributed by atoms with van der Waals surface area (Å²) in [6, 6.07) is 22.6. The largest absolute Gasteiger partial charge is 0.494 e. The van der Waals surface area contributed by atoms with Gasteiger partial charge in [-0.2, -0.15) is 0 Å². The second-order valence-corrected chi connectivity index (χ2v) is 7.65. The van der Waals surface area contributed by atoms with Crippen LogP contribution in [0.25, 0.3) is 0 Å². The Morgan fingerprint density at radius 2 is 1.50 bits per heavy atom. The molecule has 3 aromatic carbocycles. The van der Waals surface area contributed by atoms with Gasteiger partial charge in [-0.15, -0.1) is 0 Å². The van der Waals surface area contributed by atoms with Gasteiger partial charge in [-0.25, -0.2) is 4.79 Å². The first kappa shape index (κ1) is 23.3. The normalized spacial score (nSPS) is 10.9. The average Bonchev–Trinajstić information content (AvgIpc) is 2.83. The molecular formula is C28H31NO3. The highest BCUT2D eigenvalue weighted by atomic mass is 16.5. The number of benzene rings is 3. The Kier molecular flexibility index (Phi) is 9.05. The molecule has 0 saturated carbocycles. The van der Waals surface area contributed by atoms with Gasteiger partial charge in [0, 0.05) is 6.21 Å². The van der Waals surface area contributed by atoms with Gasteiger partial charge in [0.1, 0.15) is 11.5 Å². The maximum absolute atomic E-state index is 12.4. The zero-order chi connectivity index (χ0) is 22.6. The van der Waals surface area contributed by atoms with E-state index in [0.29, 0.717) is 17.9 Å². The molecule has 0 aliphatic rings. The zero-order valence-corrected chi connectivity index (χ0v) is 18.9. The third-order valence-electron chi connectivity index (χ3n) is 5.11. The molecule has 4 nitrogen and oxygen atoms in total. The van der Waals surface area contributed by atoms with Gasteiger partial charge in [0.25, 0.3) is 0 Å². The molecule has 0 heterocycles. The van der Waals surface area contributed by atoms with Crippen LogP contribution in [0.2, 0.25) is 0 Å². The Balaban J connectivity index is 1.51. The highest BCUT2D eigenvalue weighted by molar-refractivity contribution is 5.91. The van der Waals surface area contributed by atoms with Crippen LogP contribution in [-0.4, -0.2) is 18.8 Å². The number of rotatable bonds is 11. The maximum atomic E-state index is 12.4. The molecule has 0 bridgehead atoms. The lowest BCUT2D eigenvalue weighted by atomic mass is 10.0. The van der Waals surface area contributed by atoms with Gasteiger partial charge in [-0.05, 0) is 91.6 Å². The molecule has 0 atom stereocenters. The van der Waals surface area contributed by atoms with Gasteiger partial charge in [0.05, 0.1) is 17.9 Å². The summed E-state index contributed by atoms with van der Waals surface area (Å²) in [7, 11) is 0. The van der Waals surface area contributed by atoms with Crippen LogP contribution >= 0.6 is 0 Å². The van der Waals surface area contributed by atoms with Crippen LogP contribution in [-0.2, 0) is 6.42 Å². The molecule has 3 aromatic rings. The van der Waals surface area contributed by atoms with Crippen molar-refractivity contribution in [1.29, 1.82) is 0 Å². The third-order valence-corrected chi connectivity index (χ3v) is 5.11. The standard InChI is InChI=1S/C28H31NO3/c1-3-5-6-7-8-22-9-13-24(14-10-22)28(30)32-27-17-11-23(12-18-27)21-29-25-15-19-26(20-16-25)31-4-2/h9-21H,3-8H2,1-2H3/b29-21+. The fraction of sp³-hybridized carbons (Fsp3) is 0.286. The van der Waals surface area contributed by atoms with Crippen molar-refractivity contribution < 1.29 is 14.3 Å². The summed E-state index contributed by atoms with van der Waals surface area (Å²) >= 11 is 0. The fourth-order valence-electron chi connectivity index (χ4n) is 3.30. The van der Waals surface area contributed by atoms with Crippen molar-refractivity contribution in [2.24, 2.45) is 4.99 Å². The lowest BCUT2D eigenvalue weighted by molar-refractivity contribution is 0.0734. The van der Waals surface area contributed by atoms with Crippen LogP contribution in [0.4, 0.5) is 5.69 Å². The quantitative estimate of drug-likeness (QED) is 0.140. The maximum Gasteiger partial charge on any atom is 0.343 e. The van der Waals surface area contributed by atoms with E-state index in [1.807, 2.05) is 67.6 Å². The minimum absolute atomic E-state index is 0.349. The summed E-state index contributed by atoms with van der Waals surface area (Å²) in [6.07, 6.45) is 7.78. The zero-order valence-electron chi connectivity index (χ0n) is 18.9. The summed E-state index contributed by atoms with van der Waals surface area (Å²) in [6.45, 7) is 4.81. The molecule has 32 heavy (non-hydrogen) atoms. The second kappa shape index (κ2) is 12.5. The van der Waals surface area contributed by atoms with E-state index in [1.165, 1.54) is 31.2 Å². The summed E-state index contributed by atoms with van der Waals surface area (Å²) in [4.78, 5) is 16.9. The highest BCUT2D eigenvalue weighted by Crippen LogP contribution is 2.19. The number of hydrogen-bond acceptors (Lipinski definition) is 4. The van der Waals surface area contributed by atoms with Crippen molar-refractivity contribution >= 4 is 17.9 Å². The number of aryl methyl sites for hydroxylation is 1. The number of aliphatic imine (C=N–C) groups is 1. The molecule has 0 unspecified atom stereocenters. The number of esters is 1. The van der Waals surface area contributed by atoms with Crippen LogP contribution in [0.1, 0.15) is 61.0 Å². The van der Waals surface area contributed by atoms with E-state index in [2.05, 4.69) is 11.9 Å². The fourth-order valence-corrected chi connectivity index (χ4v) is 3.30. The molecule has 0 aliphatic heterocycles. The van der Waals surface area contributed by atoms with Crippen molar-refractivity contribution in [3.05, 3.63) is 89.5 Å². The number of carbonyl (C=O) groups excluding carboxylic acids is 1. The third kappa shape index (κ3) is 7.38. The summed E-state index contributed by atoms with van der Waals surface area (Å²) in [5.74, 6) is 0.995. The van der Waals surface area contributed by atoms with E-state index in [-0.39, 0.29) is 5.97 Å². The highest BCUT2D eigenvalue weighted by Gasteiger charge is 2.08. The first-order valence-electron chi connectivity index (χ1n) is 11.4. The van der Waals surface area contributed by atoms with E-state index in [4.69, 9.17) is 9.47 Å². The number of unbranched alkanes of at least 4 members (excludes halogenated alkanes) is 3. The lowest BCUT2D eigenvalue weighted by Gasteiger charge is -2.06. The van der Waals surface area contributed by atoms with E-state index in [9.17, 15) is 4.79 Å². The topological polar surface area (TPSA) is 47.9 Å². The summed E-state index contributed by atoms with van der Waals surface area (Å²) < 4.78 is 10.9. The Hall–Kier alpha value is -3.40. The van der Waals surface area contributed by atoms with Crippen LogP contribution in [0.15, 0.2) is 77.8 Å². The van der Waals surface area contributed by atoms with E-state index >= 15 is 0 Å². The van der Waals surface area contributed by atoms with Gasteiger partial charge >= 0.3 is 5.97 Å². The van der Waals surface area contributed by atoms with Crippen molar-refractivity contribution in [3.63, 3.8) is 0 Å². The Morgan fingerprint density at radius 3 is 2.16 bits per heavy atom. The first-order valence-corrected chi connectivity index (χ1v) is 11.4. The van der Waals surface area contributed by atoms with Crippen molar-refractivity contribution in [1.82, 2.24) is 0 Å². The smallest absolute Gasteiger partial charge is 0.343 e. The van der Waals surface area contributed by atoms with Crippen LogP contribution < -0.4 is 9.47 Å². The molecule has 0 N–H and O–H groups in total. The molecule has 0 saturated heterocycles. The number of ether oxygens (including phenoxy) is 2. The minimum atomic E-state index is -0.349. The van der Waals surface area contributed by atoms with Gasteiger partial charge < -0.3 is 9.47 Å². The molecule has 3 rings (SSSR count). The lowest BCUT2D eigenvalue weighted by Crippen LogP contribution is -2.08.